The van der Waals surface area contributed by atoms with E-state index in [2.05, 4.69) is 5.10 Å². The van der Waals surface area contributed by atoms with Gasteiger partial charge < -0.3 is 10.2 Å². The van der Waals surface area contributed by atoms with Crippen LogP contribution in [0.25, 0.3) is 0 Å². The van der Waals surface area contributed by atoms with Crippen molar-refractivity contribution in [2.75, 3.05) is 0 Å². The zero-order valence-corrected chi connectivity index (χ0v) is 9.96. The van der Waals surface area contributed by atoms with Crippen molar-refractivity contribution in [3.8, 4) is 0 Å². The van der Waals surface area contributed by atoms with Crippen LogP contribution in [-0.2, 0) is 16.8 Å². The van der Waals surface area contributed by atoms with Gasteiger partial charge in [0.2, 0.25) is 0 Å². The first-order chi connectivity index (χ1) is 8.10. The Labute approximate surface area is 100 Å². The van der Waals surface area contributed by atoms with E-state index in [0.29, 0.717) is 32.2 Å². The van der Waals surface area contributed by atoms with E-state index in [1.54, 1.807) is 16.9 Å². The molecule has 1 saturated carbocycles. The van der Waals surface area contributed by atoms with E-state index in [-0.39, 0.29) is 6.10 Å². The zero-order valence-electron chi connectivity index (χ0n) is 9.96. The molecule has 0 aliphatic heterocycles. The molecule has 5 heteroatoms. The molecule has 2 N–H and O–H groups in total. The maximum absolute atomic E-state index is 11.6. The molecule has 1 aromatic heterocycles. The topological polar surface area (TPSA) is 75.4 Å². The van der Waals surface area contributed by atoms with E-state index in [0.717, 1.165) is 5.69 Å². The lowest BCUT2D eigenvalue weighted by atomic mass is 9.71. The number of hydrogen-bond acceptors (Lipinski definition) is 3. The van der Waals surface area contributed by atoms with Crippen LogP contribution >= 0.6 is 0 Å². The van der Waals surface area contributed by atoms with Gasteiger partial charge >= 0.3 is 5.97 Å². The van der Waals surface area contributed by atoms with Crippen molar-refractivity contribution in [1.82, 2.24) is 9.78 Å². The van der Waals surface area contributed by atoms with Crippen molar-refractivity contribution in [2.45, 2.75) is 50.7 Å². The summed E-state index contributed by atoms with van der Waals surface area (Å²) in [6.45, 7) is 2.61. The van der Waals surface area contributed by atoms with E-state index in [1.807, 2.05) is 6.92 Å². The van der Waals surface area contributed by atoms with Gasteiger partial charge in [-0.25, -0.2) is 0 Å². The molecule has 0 aromatic carbocycles. The molecular weight excluding hydrogens is 220 g/mol. The Bertz CT molecular complexity index is 406. The van der Waals surface area contributed by atoms with Gasteiger partial charge in [-0.1, -0.05) is 0 Å². The number of hydrogen-bond donors (Lipinski definition) is 2. The summed E-state index contributed by atoms with van der Waals surface area (Å²) in [7, 11) is 0. The van der Waals surface area contributed by atoms with Gasteiger partial charge in [0.1, 0.15) is 5.41 Å². The Hall–Kier alpha value is -1.36. The lowest BCUT2D eigenvalue weighted by Crippen LogP contribution is -2.42. The first-order valence-electron chi connectivity index (χ1n) is 6.04. The van der Waals surface area contributed by atoms with Crippen molar-refractivity contribution < 1.29 is 15.0 Å². The van der Waals surface area contributed by atoms with Gasteiger partial charge in [-0.15, -0.1) is 0 Å². The second-order valence-corrected chi connectivity index (χ2v) is 4.65. The molecular formula is C12H18N2O3. The molecule has 0 saturated heterocycles. The normalized spacial score (nSPS) is 29.2. The average Bonchev–Trinajstić information content (AvgIpc) is 2.78. The fourth-order valence-electron chi connectivity index (χ4n) is 2.67. The molecule has 5 nitrogen and oxygen atoms in total. The number of rotatable bonds is 3. The van der Waals surface area contributed by atoms with E-state index >= 15 is 0 Å². The smallest absolute Gasteiger partial charge is 0.315 e. The van der Waals surface area contributed by atoms with Crippen molar-refractivity contribution in [1.29, 1.82) is 0 Å². The SMILES string of the molecule is CCn1nccc1C1(C(=O)O)CCC(O)CC1. The summed E-state index contributed by atoms with van der Waals surface area (Å²) in [5.41, 5.74) is -0.106. The van der Waals surface area contributed by atoms with Crippen LogP contribution in [0.4, 0.5) is 0 Å². The van der Waals surface area contributed by atoms with Crippen LogP contribution in [0.3, 0.4) is 0 Å². The maximum atomic E-state index is 11.6. The van der Waals surface area contributed by atoms with Crippen LogP contribution in [0.1, 0.15) is 38.3 Å². The molecule has 1 heterocycles. The molecule has 0 amide bonds. The molecule has 1 aliphatic rings. The molecule has 1 aromatic rings. The minimum absolute atomic E-state index is 0.361. The zero-order chi connectivity index (χ0) is 12.5. The first kappa shape index (κ1) is 12.1. The largest absolute Gasteiger partial charge is 0.481 e. The molecule has 0 radical (unpaired) electrons. The minimum atomic E-state index is -0.869. The summed E-state index contributed by atoms with van der Waals surface area (Å²) in [6, 6.07) is 1.79. The van der Waals surface area contributed by atoms with Gasteiger partial charge in [0.25, 0.3) is 0 Å². The van der Waals surface area contributed by atoms with E-state index in [4.69, 9.17) is 0 Å². The quantitative estimate of drug-likeness (QED) is 0.828. The lowest BCUT2D eigenvalue weighted by molar-refractivity contribution is -0.146. The number of aliphatic hydroxyl groups excluding tert-OH is 1. The number of nitrogens with zero attached hydrogens (tertiary/aromatic N) is 2. The average molecular weight is 238 g/mol. The number of aliphatic carboxylic acids is 1. The Morgan fingerprint density at radius 3 is 2.76 bits per heavy atom. The molecule has 0 spiro atoms. The van der Waals surface area contributed by atoms with E-state index in [1.165, 1.54) is 0 Å². The highest BCUT2D eigenvalue weighted by Crippen LogP contribution is 2.39. The van der Waals surface area contributed by atoms with Crippen LogP contribution in [0, 0.1) is 0 Å². The predicted molar refractivity (Wildman–Crippen MR) is 61.7 cm³/mol. The fourth-order valence-corrected chi connectivity index (χ4v) is 2.67. The van der Waals surface area contributed by atoms with Gasteiger partial charge in [-0.2, -0.15) is 5.10 Å². The van der Waals surface area contributed by atoms with Gasteiger partial charge in [0, 0.05) is 12.7 Å². The monoisotopic (exact) mass is 238 g/mol. The summed E-state index contributed by atoms with van der Waals surface area (Å²) in [5.74, 6) is -0.806. The minimum Gasteiger partial charge on any atom is -0.481 e. The summed E-state index contributed by atoms with van der Waals surface area (Å²) in [6.07, 6.45) is 3.34. The third-order valence-electron chi connectivity index (χ3n) is 3.72. The number of carbonyl (C=O) groups is 1. The van der Waals surface area contributed by atoms with Crippen LogP contribution in [0.5, 0.6) is 0 Å². The number of carboxylic acids is 1. The second-order valence-electron chi connectivity index (χ2n) is 4.65. The first-order valence-corrected chi connectivity index (χ1v) is 6.04. The van der Waals surface area contributed by atoms with Crippen LogP contribution < -0.4 is 0 Å². The van der Waals surface area contributed by atoms with Crippen LogP contribution in [0.2, 0.25) is 0 Å². The van der Waals surface area contributed by atoms with E-state index in [9.17, 15) is 15.0 Å². The van der Waals surface area contributed by atoms with Crippen LogP contribution in [0.15, 0.2) is 12.3 Å². The highest BCUT2D eigenvalue weighted by Gasteiger charge is 2.45. The van der Waals surface area contributed by atoms with Gasteiger partial charge in [0.05, 0.1) is 11.8 Å². The predicted octanol–water partition coefficient (Wildman–Crippen LogP) is 1.16. The molecule has 0 atom stereocenters. The molecule has 0 bridgehead atoms. The molecule has 17 heavy (non-hydrogen) atoms. The lowest BCUT2D eigenvalue weighted by Gasteiger charge is -2.35. The van der Waals surface area contributed by atoms with Crippen molar-refractivity contribution >= 4 is 5.97 Å². The third kappa shape index (κ3) is 1.95. The van der Waals surface area contributed by atoms with Gasteiger partial charge in [0.15, 0.2) is 0 Å². The number of aliphatic hydroxyl groups is 1. The Morgan fingerprint density at radius 1 is 1.59 bits per heavy atom. The maximum Gasteiger partial charge on any atom is 0.315 e. The Morgan fingerprint density at radius 2 is 2.24 bits per heavy atom. The Kier molecular flexibility index (Phi) is 3.19. The number of aromatic nitrogens is 2. The summed E-state index contributed by atoms with van der Waals surface area (Å²) >= 11 is 0. The van der Waals surface area contributed by atoms with Crippen molar-refractivity contribution in [2.24, 2.45) is 0 Å². The molecule has 1 fully saturated rings. The molecule has 0 unspecified atom stereocenters. The highest BCUT2D eigenvalue weighted by atomic mass is 16.4. The summed E-state index contributed by atoms with van der Waals surface area (Å²) in [5, 5.41) is 23.2. The highest BCUT2D eigenvalue weighted by molar-refractivity contribution is 5.81. The standard InChI is InChI=1S/C12H18N2O3/c1-2-14-10(5-8-13-14)12(11(16)17)6-3-9(15)4-7-12/h5,8-9,15H,2-4,6-7H2,1H3,(H,16,17). The fraction of sp³-hybridized carbons (Fsp3) is 0.667. The Balaban J connectivity index is 2.38. The third-order valence-corrected chi connectivity index (χ3v) is 3.72. The van der Waals surface area contributed by atoms with E-state index < -0.39 is 11.4 Å². The second kappa shape index (κ2) is 4.49. The summed E-state index contributed by atoms with van der Waals surface area (Å²) < 4.78 is 1.74. The summed E-state index contributed by atoms with van der Waals surface area (Å²) in [4.78, 5) is 11.6. The van der Waals surface area contributed by atoms with Gasteiger partial charge in [-0.3, -0.25) is 9.48 Å². The van der Waals surface area contributed by atoms with Gasteiger partial charge in [-0.05, 0) is 38.7 Å². The van der Waals surface area contributed by atoms with Crippen molar-refractivity contribution in [3.05, 3.63) is 18.0 Å². The van der Waals surface area contributed by atoms with Crippen LogP contribution in [-0.4, -0.2) is 32.1 Å². The molecule has 2 rings (SSSR count). The number of aryl methyl sites for hydroxylation is 1. The molecule has 1 aliphatic carbocycles. The molecule has 94 valence electrons. The number of carboxylic acid groups (broad SMARTS) is 1. The van der Waals surface area contributed by atoms with Crippen molar-refractivity contribution in [3.63, 3.8) is 0 Å².